The zero-order valence-electron chi connectivity index (χ0n) is 22.8. The van der Waals surface area contributed by atoms with Crippen LogP contribution in [0.25, 0.3) is 92.0 Å². The Morgan fingerprint density at radius 1 is 0.535 bits per heavy atom. The van der Waals surface area contributed by atoms with E-state index in [0.717, 1.165) is 54.6 Å². The molecule has 6 aromatic carbocycles. The van der Waals surface area contributed by atoms with Gasteiger partial charge in [0.15, 0.2) is 11.6 Å². The number of benzene rings is 6. The lowest BCUT2D eigenvalue weighted by Crippen LogP contribution is -2.02. The summed E-state index contributed by atoms with van der Waals surface area (Å²) in [5.41, 5.74) is 4.93. The van der Waals surface area contributed by atoms with Crippen LogP contribution in [0.4, 0.5) is 0 Å². The summed E-state index contributed by atoms with van der Waals surface area (Å²) in [6.45, 7) is 0. The zero-order chi connectivity index (χ0) is 28.1. The second-order valence-electron chi connectivity index (χ2n) is 11.0. The number of fused-ring (bicyclic) bond motifs is 10. The van der Waals surface area contributed by atoms with Gasteiger partial charge < -0.3 is 4.42 Å². The molecular formula is C38H21N3OS. The van der Waals surface area contributed by atoms with Crippen LogP contribution >= 0.6 is 11.3 Å². The Hall–Kier alpha value is -5.52. The molecular weight excluding hydrogens is 547 g/mol. The number of furan rings is 1. The lowest BCUT2D eigenvalue weighted by atomic mass is 10.1. The molecule has 0 N–H and O–H groups in total. The van der Waals surface area contributed by atoms with Gasteiger partial charge in [0.2, 0.25) is 0 Å². The summed E-state index contributed by atoms with van der Waals surface area (Å²) >= 11 is 1.72. The summed E-state index contributed by atoms with van der Waals surface area (Å²) in [6, 6.07) is 44.8. The van der Waals surface area contributed by atoms with Gasteiger partial charge in [-0.25, -0.2) is 9.97 Å². The normalized spacial score (nSPS) is 12.2. The zero-order valence-corrected chi connectivity index (χ0v) is 23.6. The lowest BCUT2D eigenvalue weighted by Gasteiger charge is -2.12. The van der Waals surface area contributed by atoms with Crippen LogP contribution in [0.3, 0.4) is 0 Å². The first-order valence-corrected chi connectivity index (χ1v) is 15.2. The van der Waals surface area contributed by atoms with Crippen molar-refractivity contribution < 1.29 is 4.42 Å². The number of hydrogen-bond donors (Lipinski definition) is 0. The van der Waals surface area contributed by atoms with Crippen LogP contribution in [0.2, 0.25) is 0 Å². The fourth-order valence-corrected chi connectivity index (χ4v) is 7.80. The van der Waals surface area contributed by atoms with E-state index < -0.39 is 0 Å². The van der Waals surface area contributed by atoms with E-state index in [1.54, 1.807) is 11.3 Å². The summed E-state index contributed by atoms with van der Waals surface area (Å²) in [7, 11) is 0. The molecule has 43 heavy (non-hydrogen) atoms. The third-order valence-corrected chi connectivity index (χ3v) is 9.68. The van der Waals surface area contributed by atoms with Gasteiger partial charge in [-0.15, -0.1) is 11.3 Å². The average Bonchev–Trinajstić information content (AvgIpc) is 3.72. The van der Waals surface area contributed by atoms with Crippen LogP contribution in [-0.4, -0.2) is 14.5 Å². The summed E-state index contributed by atoms with van der Waals surface area (Å²) in [5, 5.41) is 9.20. The Bertz CT molecular complexity index is 2750. The molecule has 4 nitrogen and oxygen atoms in total. The Morgan fingerprint density at radius 2 is 1.26 bits per heavy atom. The lowest BCUT2D eigenvalue weighted by molar-refractivity contribution is 0.669. The number of para-hydroxylation sites is 2. The molecule has 4 heterocycles. The maximum Gasteiger partial charge on any atom is 0.163 e. The van der Waals surface area contributed by atoms with E-state index >= 15 is 0 Å². The molecule has 0 atom stereocenters. The van der Waals surface area contributed by atoms with Gasteiger partial charge in [0.05, 0.1) is 16.4 Å². The van der Waals surface area contributed by atoms with Crippen molar-refractivity contribution in [1.82, 2.24) is 14.5 Å². The largest absolute Gasteiger partial charge is 0.456 e. The number of rotatable bonds is 2. The quantitative estimate of drug-likeness (QED) is 0.209. The first-order chi connectivity index (χ1) is 21.3. The molecule has 0 amide bonds. The highest BCUT2D eigenvalue weighted by atomic mass is 32.1. The molecule has 5 heteroatoms. The van der Waals surface area contributed by atoms with E-state index in [1.807, 2.05) is 24.3 Å². The molecule has 0 saturated heterocycles. The van der Waals surface area contributed by atoms with E-state index in [4.69, 9.17) is 14.4 Å². The van der Waals surface area contributed by atoms with Crippen LogP contribution in [0, 0.1) is 0 Å². The Kier molecular flexibility index (Phi) is 4.57. The van der Waals surface area contributed by atoms with Crippen molar-refractivity contribution in [3.63, 3.8) is 0 Å². The number of aromatic nitrogens is 3. The Labute approximate surface area is 249 Å². The van der Waals surface area contributed by atoms with Crippen molar-refractivity contribution in [2.75, 3.05) is 0 Å². The molecule has 4 aromatic heterocycles. The van der Waals surface area contributed by atoms with Gasteiger partial charge in [-0.2, -0.15) is 0 Å². The smallest absolute Gasteiger partial charge is 0.163 e. The molecule has 0 unspecified atom stereocenters. The monoisotopic (exact) mass is 567 g/mol. The van der Waals surface area contributed by atoms with Gasteiger partial charge in [-0.05, 0) is 47.2 Å². The fraction of sp³-hybridized carbons (Fsp3) is 0. The highest BCUT2D eigenvalue weighted by Crippen LogP contribution is 2.42. The Balaban J connectivity index is 1.40. The molecule has 0 aliphatic carbocycles. The van der Waals surface area contributed by atoms with Crippen molar-refractivity contribution >= 4 is 86.2 Å². The molecule has 0 bridgehead atoms. The minimum Gasteiger partial charge on any atom is -0.456 e. The highest BCUT2D eigenvalue weighted by molar-refractivity contribution is 7.25. The van der Waals surface area contributed by atoms with Crippen LogP contribution in [-0.2, 0) is 0 Å². The summed E-state index contributed by atoms with van der Waals surface area (Å²) in [4.78, 5) is 11.7. The fourth-order valence-electron chi connectivity index (χ4n) is 6.73. The van der Waals surface area contributed by atoms with Crippen LogP contribution < -0.4 is 0 Å². The van der Waals surface area contributed by atoms with Crippen molar-refractivity contribution in [1.29, 1.82) is 0 Å². The molecule has 0 aliphatic rings. The first-order valence-electron chi connectivity index (χ1n) is 14.3. The topological polar surface area (TPSA) is 43.9 Å². The van der Waals surface area contributed by atoms with Crippen LogP contribution in [0.5, 0.6) is 0 Å². The predicted molar refractivity (Wildman–Crippen MR) is 179 cm³/mol. The van der Waals surface area contributed by atoms with Crippen molar-refractivity contribution in [3.05, 3.63) is 127 Å². The van der Waals surface area contributed by atoms with Gasteiger partial charge in [0, 0.05) is 37.2 Å². The SMILES string of the molecule is c1ccc2cc3c(cc2c1)c1ccccc1n3-c1nc(-c2cccc3oc4ccccc4c23)nc2sc3ccccc3c12. The van der Waals surface area contributed by atoms with Gasteiger partial charge in [0.1, 0.15) is 16.0 Å². The minimum atomic E-state index is 0.693. The first kappa shape index (κ1) is 23.1. The predicted octanol–water partition coefficient (Wildman–Crippen LogP) is 10.7. The average molecular weight is 568 g/mol. The molecule has 200 valence electrons. The summed E-state index contributed by atoms with van der Waals surface area (Å²) in [5.74, 6) is 1.58. The maximum absolute atomic E-state index is 6.25. The maximum atomic E-state index is 6.25. The number of hydrogen-bond acceptors (Lipinski definition) is 4. The summed E-state index contributed by atoms with van der Waals surface area (Å²) in [6.07, 6.45) is 0. The molecule has 10 aromatic rings. The highest BCUT2D eigenvalue weighted by Gasteiger charge is 2.22. The van der Waals surface area contributed by atoms with Crippen LogP contribution in [0.1, 0.15) is 0 Å². The molecule has 0 aliphatic heterocycles. The second-order valence-corrected chi connectivity index (χ2v) is 12.0. The van der Waals surface area contributed by atoms with Crippen molar-refractivity contribution in [2.24, 2.45) is 0 Å². The molecule has 10 rings (SSSR count). The summed E-state index contributed by atoms with van der Waals surface area (Å²) < 4.78 is 9.79. The van der Waals surface area contributed by atoms with Crippen molar-refractivity contribution in [3.8, 4) is 17.2 Å². The van der Waals surface area contributed by atoms with E-state index in [1.165, 1.54) is 31.6 Å². The standard InChI is InChI=1S/C38H21N3OS/c1-2-11-23-21-30-28(20-22(23)10-1)24-12-3-6-16-29(24)41(30)37-35-26-14-5-8-19-33(26)43-38(35)40-36(39-37)27-15-9-18-32-34(27)25-13-4-7-17-31(25)42-32/h1-21H. The van der Waals surface area contributed by atoms with E-state index in [9.17, 15) is 0 Å². The Morgan fingerprint density at radius 3 is 2.16 bits per heavy atom. The minimum absolute atomic E-state index is 0.693. The van der Waals surface area contributed by atoms with Crippen molar-refractivity contribution in [2.45, 2.75) is 0 Å². The third kappa shape index (κ3) is 3.20. The number of nitrogens with zero attached hydrogens (tertiary/aromatic N) is 3. The van der Waals surface area contributed by atoms with Gasteiger partial charge in [-0.3, -0.25) is 4.57 Å². The van der Waals surface area contributed by atoms with E-state index in [-0.39, 0.29) is 0 Å². The second kappa shape index (κ2) is 8.51. The molecule has 0 fully saturated rings. The van der Waals surface area contributed by atoms with Gasteiger partial charge >= 0.3 is 0 Å². The van der Waals surface area contributed by atoms with E-state index in [0.29, 0.717) is 5.82 Å². The molecule has 0 saturated carbocycles. The van der Waals surface area contributed by atoms with Crippen LogP contribution in [0.15, 0.2) is 132 Å². The third-order valence-electron chi connectivity index (χ3n) is 8.62. The van der Waals surface area contributed by atoms with Gasteiger partial charge in [-0.1, -0.05) is 91.0 Å². The molecule has 0 spiro atoms. The van der Waals surface area contributed by atoms with E-state index in [2.05, 4.69) is 108 Å². The van der Waals surface area contributed by atoms with Gasteiger partial charge in [0.25, 0.3) is 0 Å². The molecule has 0 radical (unpaired) electrons. The number of thiophene rings is 1.